The third-order valence-electron chi connectivity index (χ3n) is 3.38. The molecule has 1 atom stereocenters. The fourth-order valence-corrected chi connectivity index (χ4v) is 4.23. The maximum atomic E-state index is 12.6. The van der Waals surface area contributed by atoms with Crippen molar-refractivity contribution in [3.05, 3.63) is 29.8 Å². The number of methoxy groups -OCH3 is 1. The van der Waals surface area contributed by atoms with Crippen molar-refractivity contribution in [2.24, 2.45) is 0 Å². The Labute approximate surface area is 122 Å². The van der Waals surface area contributed by atoms with Crippen molar-refractivity contribution in [1.29, 1.82) is 0 Å². The molecule has 8 heteroatoms. The van der Waals surface area contributed by atoms with Crippen LogP contribution in [-0.2, 0) is 19.6 Å². The smallest absolute Gasteiger partial charge is 0.337 e. The second kappa shape index (κ2) is 5.82. The number of carboxylic acid groups (broad SMARTS) is 1. The van der Waals surface area contributed by atoms with Gasteiger partial charge in [0.05, 0.1) is 17.6 Å². The summed E-state index contributed by atoms with van der Waals surface area (Å²) in [5.74, 6) is -1.97. The highest BCUT2D eigenvalue weighted by molar-refractivity contribution is 7.89. The zero-order valence-corrected chi connectivity index (χ0v) is 12.2. The predicted octanol–water partition coefficient (Wildman–Crippen LogP) is 0.711. The molecule has 0 saturated carbocycles. The summed E-state index contributed by atoms with van der Waals surface area (Å²) >= 11 is 0. The van der Waals surface area contributed by atoms with Gasteiger partial charge in [0.25, 0.3) is 0 Å². The van der Waals surface area contributed by atoms with Gasteiger partial charge in [0, 0.05) is 6.54 Å². The second-order valence-electron chi connectivity index (χ2n) is 4.60. The Hall–Kier alpha value is -1.93. The van der Waals surface area contributed by atoms with Crippen LogP contribution >= 0.6 is 0 Å². The molecular weight excluding hydrogens is 298 g/mol. The molecule has 0 bridgehead atoms. The molecule has 1 aliphatic heterocycles. The average molecular weight is 313 g/mol. The molecule has 1 unspecified atom stereocenters. The van der Waals surface area contributed by atoms with Gasteiger partial charge in [-0.05, 0) is 25.0 Å². The van der Waals surface area contributed by atoms with Crippen LogP contribution in [0.4, 0.5) is 0 Å². The van der Waals surface area contributed by atoms with Crippen molar-refractivity contribution >= 4 is 22.0 Å². The van der Waals surface area contributed by atoms with Gasteiger partial charge >= 0.3 is 11.9 Å². The molecule has 0 aliphatic carbocycles. The van der Waals surface area contributed by atoms with Crippen LogP contribution in [0.15, 0.2) is 29.2 Å². The van der Waals surface area contributed by atoms with Gasteiger partial charge in [0.2, 0.25) is 10.0 Å². The minimum atomic E-state index is -4.07. The Morgan fingerprint density at radius 1 is 1.33 bits per heavy atom. The number of carbonyl (C=O) groups is 2. The van der Waals surface area contributed by atoms with Crippen LogP contribution in [0.2, 0.25) is 0 Å². The van der Waals surface area contributed by atoms with Crippen molar-refractivity contribution in [2.75, 3.05) is 13.7 Å². The van der Waals surface area contributed by atoms with E-state index in [1.807, 2.05) is 0 Å². The number of aromatic carboxylic acids is 1. The van der Waals surface area contributed by atoms with Gasteiger partial charge in [0.1, 0.15) is 6.04 Å². The molecule has 1 aromatic rings. The van der Waals surface area contributed by atoms with E-state index >= 15 is 0 Å². The number of sulfonamides is 1. The van der Waals surface area contributed by atoms with Gasteiger partial charge < -0.3 is 9.84 Å². The fraction of sp³-hybridized carbons (Fsp3) is 0.385. The van der Waals surface area contributed by atoms with E-state index < -0.39 is 28.0 Å². The molecule has 114 valence electrons. The van der Waals surface area contributed by atoms with Gasteiger partial charge in [-0.1, -0.05) is 12.1 Å². The molecule has 0 amide bonds. The lowest BCUT2D eigenvalue weighted by molar-refractivity contribution is -0.144. The number of hydrogen-bond donors (Lipinski definition) is 1. The van der Waals surface area contributed by atoms with Crippen molar-refractivity contribution in [3.8, 4) is 0 Å². The van der Waals surface area contributed by atoms with Crippen LogP contribution in [0.3, 0.4) is 0 Å². The molecule has 1 saturated heterocycles. The van der Waals surface area contributed by atoms with E-state index in [1.54, 1.807) is 0 Å². The number of nitrogens with zero attached hydrogens (tertiary/aromatic N) is 1. The van der Waals surface area contributed by atoms with Crippen LogP contribution in [0.1, 0.15) is 23.2 Å². The van der Waals surface area contributed by atoms with Crippen molar-refractivity contribution in [3.63, 3.8) is 0 Å². The van der Waals surface area contributed by atoms with Crippen molar-refractivity contribution < 1.29 is 27.9 Å². The molecule has 2 rings (SSSR count). The van der Waals surface area contributed by atoms with Gasteiger partial charge in [0.15, 0.2) is 0 Å². The highest BCUT2D eigenvalue weighted by atomic mass is 32.2. The van der Waals surface area contributed by atoms with Gasteiger partial charge in [-0.2, -0.15) is 4.31 Å². The lowest BCUT2D eigenvalue weighted by Gasteiger charge is -2.22. The van der Waals surface area contributed by atoms with Crippen LogP contribution in [0, 0.1) is 0 Å². The number of rotatable bonds is 4. The molecule has 1 heterocycles. The van der Waals surface area contributed by atoms with E-state index in [9.17, 15) is 18.0 Å². The fourth-order valence-electron chi connectivity index (χ4n) is 2.39. The summed E-state index contributed by atoms with van der Waals surface area (Å²) < 4.78 is 30.9. The highest BCUT2D eigenvalue weighted by Gasteiger charge is 2.41. The molecule has 1 fully saturated rings. The Balaban J connectivity index is 2.48. The normalized spacial score (nSPS) is 19.4. The summed E-state index contributed by atoms with van der Waals surface area (Å²) in [6, 6.07) is 4.44. The minimum absolute atomic E-state index is 0.163. The number of hydrogen-bond acceptors (Lipinski definition) is 5. The summed E-state index contributed by atoms with van der Waals surface area (Å²) in [4.78, 5) is 22.5. The van der Waals surface area contributed by atoms with E-state index in [0.717, 1.165) is 4.31 Å². The average Bonchev–Trinajstić information content (AvgIpc) is 2.96. The standard InChI is InChI=1S/C13H15NO6S/c1-20-13(17)10-6-4-8-14(10)21(18,19)11-7-3-2-5-9(11)12(15)16/h2-3,5,7,10H,4,6,8H2,1H3,(H,15,16). The van der Waals surface area contributed by atoms with E-state index in [2.05, 4.69) is 4.74 Å². The summed E-state index contributed by atoms with van der Waals surface area (Å²) in [5, 5.41) is 9.12. The number of benzene rings is 1. The first-order chi connectivity index (χ1) is 9.89. The topological polar surface area (TPSA) is 101 Å². The quantitative estimate of drug-likeness (QED) is 0.822. The lowest BCUT2D eigenvalue weighted by atomic mass is 10.2. The monoisotopic (exact) mass is 313 g/mol. The van der Waals surface area contributed by atoms with Crippen LogP contribution in [0.25, 0.3) is 0 Å². The lowest BCUT2D eigenvalue weighted by Crippen LogP contribution is -2.41. The maximum Gasteiger partial charge on any atom is 0.337 e. The molecule has 1 aliphatic rings. The number of ether oxygens (including phenoxy) is 1. The maximum absolute atomic E-state index is 12.6. The third kappa shape index (κ3) is 2.77. The summed E-state index contributed by atoms with van der Waals surface area (Å²) in [6.45, 7) is 0.163. The van der Waals surface area contributed by atoms with Gasteiger partial charge in [-0.3, -0.25) is 4.79 Å². The van der Waals surface area contributed by atoms with Crippen LogP contribution in [-0.4, -0.2) is 49.5 Å². The first-order valence-electron chi connectivity index (χ1n) is 6.31. The first-order valence-corrected chi connectivity index (χ1v) is 7.75. The summed E-state index contributed by atoms with van der Waals surface area (Å²) in [6.07, 6.45) is 0.884. The Morgan fingerprint density at radius 2 is 2.00 bits per heavy atom. The zero-order chi connectivity index (χ0) is 15.6. The first kappa shape index (κ1) is 15.5. The van der Waals surface area contributed by atoms with Crippen LogP contribution < -0.4 is 0 Å². The van der Waals surface area contributed by atoms with E-state index in [-0.39, 0.29) is 17.0 Å². The molecule has 0 radical (unpaired) electrons. The van der Waals surface area contributed by atoms with Crippen molar-refractivity contribution in [1.82, 2.24) is 4.31 Å². The largest absolute Gasteiger partial charge is 0.478 e. The van der Waals surface area contributed by atoms with Gasteiger partial charge in [-0.25, -0.2) is 13.2 Å². The summed E-state index contributed by atoms with van der Waals surface area (Å²) in [7, 11) is -2.88. The Morgan fingerprint density at radius 3 is 2.62 bits per heavy atom. The van der Waals surface area contributed by atoms with Gasteiger partial charge in [-0.15, -0.1) is 0 Å². The third-order valence-corrected chi connectivity index (χ3v) is 5.35. The highest BCUT2D eigenvalue weighted by Crippen LogP contribution is 2.28. The predicted molar refractivity (Wildman–Crippen MR) is 72.3 cm³/mol. The summed E-state index contributed by atoms with van der Waals surface area (Å²) in [5.41, 5.74) is -0.312. The number of carbonyl (C=O) groups excluding carboxylic acids is 1. The molecular formula is C13H15NO6S. The van der Waals surface area contributed by atoms with E-state index in [4.69, 9.17) is 5.11 Å². The molecule has 21 heavy (non-hydrogen) atoms. The second-order valence-corrected chi connectivity index (χ2v) is 6.46. The number of esters is 1. The Bertz CT molecular complexity index is 669. The van der Waals surface area contributed by atoms with Crippen LogP contribution in [0.5, 0.6) is 0 Å². The Kier molecular flexibility index (Phi) is 4.29. The zero-order valence-electron chi connectivity index (χ0n) is 11.4. The number of carboxylic acids is 1. The molecule has 1 N–H and O–H groups in total. The molecule has 0 spiro atoms. The van der Waals surface area contributed by atoms with E-state index in [0.29, 0.717) is 12.8 Å². The molecule has 1 aromatic carbocycles. The molecule has 0 aromatic heterocycles. The SMILES string of the molecule is COC(=O)C1CCCN1S(=O)(=O)c1ccccc1C(=O)O. The van der Waals surface area contributed by atoms with E-state index in [1.165, 1.54) is 31.4 Å². The molecule has 7 nitrogen and oxygen atoms in total. The minimum Gasteiger partial charge on any atom is -0.478 e. The van der Waals surface area contributed by atoms with Crippen molar-refractivity contribution in [2.45, 2.75) is 23.8 Å².